The van der Waals surface area contributed by atoms with Crippen LogP contribution < -0.4 is 10.6 Å². The van der Waals surface area contributed by atoms with Crippen LogP contribution in [-0.4, -0.2) is 38.4 Å². The predicted molar refractivity (Wildman–Crippen MR) is 84.5 cm³/mol. The molecule has 1 unspecified atom stereocenters. The molecule has 1 aliphatic heterocycles. The van der Waals surface area contributed by atoms with Crippen LogP contribution in [0.2, 0.25) is 5.02 Å². The first-order chi connectivity index (χ1) is 9.87. The smallest absolute Gasteiger partial charge is 0.222 e. The lowest BCUT2D eigenvalue weighted by Crippen LogP contribution is -2.36. The fraction of sp³-hybridized carbons (Fsp3) is 0.500. The second kappa shape index (κ2) is 6.66. The standard InChI is InChI=1S/C14H19ClN2O3S/c1-10-12(15)3-2-4-13(10)16-7-5-14(18)17-11-6-8-21(19,20)9-11/h2-4,11,16H,5-9H2,1H3,(H,17,18). The van der Waals surface area contributed by atoms with Crippen molar-refractivity contribution in [3.8, 4) is 0 Å². The highest BCUT2D eigenvalue weighted by Crippen LogP contribution is 2.22. The van der Waals surface area contributed by atoms with Crippen molar-refractivity contribution >= 4 is 33.0 Å². The number of benzene rings is 1. The van der Waals surface area contributed by atoms with Gasteiger partial charge >= 0.3 is 0 Å². The molecule has 2 N–H and O–H groups in total. The summed E-state index contributed by atoms with van der Waals surface area (Å²) in [5.41, 5.74) is 1.85. The maximum Gasteiger partial charge on any atom is 0.222 e. The lowest BCUT2D eigenvalue weighted by atomic mass is 10.2. The highest BCUT2D eigenvalue weighted by molar-refractivity contribution is 7.91. The first kappa shape index (κ1) is 16.1. The molecule has 2 rings (SSSR count). The van der Waals surface area contributed by atoms with Crippen molar-refractivity contribution in [2.45, 2.75) is 25.8 Å². The Morgan fingerprint density at radius 1 is 1.43 bits per heavy atom. The Labute approximate surface area is 130 Å². The molecule has 0 bridgehead atoms. The second-order valence-corrected chi connectivity index (χ2v) is 7.89. The third-order valence-electron chi connectivity index (χ3n) is 3.53. The average Bonchev–Trinajstić information content (AvgIpc) is 2.74. The molecule has 0 radical (unpaired) electrons. The van der Waals surface area contributed by atoms with Crippen molar-refractivity contribution in [3.63, 3.8) is 0 Å². The van der Waals surface area contributed by atoms with E-state index in [0.29, 0.717) is 24.4 Å². The Bertz CT molecular complexity index is 631. The first-order valence-electron chi connectivity index (χ1n) is 6.86. The van der Waals surface area contributed by atoms with Gasteiger partial charge in [0.15, 0.2) is 9.84 Å². The van der Waals surface area contributed by atoms with E-state index in [-0.39, 0.29) is 23.5 Å². The largest absolute Gasteiger partial charge is 0.384 e. The molecule has 1 fully saturated rings. The van der Waals surface area contributed by atoms with Crippen molar-refractivity contribution in [2.75, 3.05) is 23.4 Å². The van der Waals surface area contributed by atoms with Crippen LogP contribution in [0.1, 0.15) is 18.4 Å². The van der Waals surface area contributed by atoms with E-state index in [1.807, 2.05) is 25.1 Å². The van der Waals surface area contributed by atoms with Crippen LogP contribution in [0, 0.1) is 6.92 Å². The summed E-state index contributed by atoms with van der Waals surface area (Å²) >= 11 is 6.02. The van der Waals surface area contributed by atoms with Gasteiger partial charge in [-0.2, -0.15) is 0 Å². The number of halogens is 1. The summed E-state index contributed by atoms with van der Waals surface area (Å²) in [5, 5.41) is 6.61. The Hall–Kier alpha value is -1.27. The molecule has 0 spiro atoms. The van der Waals surface area contributed by atoms with Crippen LogP contribution in [0.3, 0.4) is 0 Å². The van der Waals surface area contributed by atoms with Gasteiger partial charge in [-0.25, -0.2) is 8.42 Å². The van der Waals surface area contributed by atoms with Crippen LogP contribution in [-0.2, 0) is 14.6 Å². The zero-order valence-electron chi connectivity index (χ0n) is 11.9. The Morgan fingerprint density at radius 3 is 2.86 bits per heavy atom. The van der Waals surface area contributed by atoms with E-state index in [0.717, 1.165) is 11.3 Å². The normalized spacial score (nSPS) is 20.2. The highest BCUT2D eigenvalue weighted by atomic mass is 35.5. The monoisotopic (exact) mass is 330 g/mol. The lowest BCUT2D eigenvalue weighted by molar-refractivity contribution is -0.121. The molecular weight excluding hydrogens is 312 g/mol. The molecule has 1 aliphatic rings. The third-order valence-corrected chi connectivity index (χ3v) is 5.71. The fourth-order valence-electron chi connectivity index (χ4n) is 2.32. The number of hydrogen-bond acceptors (Lipinski definition) is 4. The molecule has 21 heavy (non-hydrogen) atoms. The highest BCUT2D eigenvalue weighted by Gasteiger charge is 2.28. The molecule has 1 heterocycles. The van der Waals surface area contributed by atoms with Gasteiger partial charge in [0.1, 0.15) is 0 Å². The minimum atomic E-state index is -2.96. The first-order valence-corrected chi connectivity index (χ1v) is 9.06. The van der Waals surface area contributed by atoms with Gasteiger partial charge in [0, 0.05) is 29.7 Å². The van der Waals surface area contributed by atoms with Gasteiger partial charge in [0.2, 0.25) is 5.91 Å². The topological polar surface area (TPSA) is 75.3 Å². The molecule has 0 aliphatic carbocycles. The second-order valence-electron chi connectivity index (χ2n) is 5.26. The van der Waals surface area contributed by atoms with Crippen molar-refractivity contribution in [1.82, 2.24) is 5.32 Å². The number of sulfone groups is 1. The van der Waals surface area contributed by atoms with E-state index in [1.165, 1.54) is 0 Å². The summed E-state index contributed by atoms with van der Waals surface area (Å²) in [6.07, 6.45) is 0.803. The SMILES string of the molecule is Cc1c(Cl)cccc1NCCC(=O)NC1CCS(=O)(=O)C1. The number of carbonyl (C=O) groups excluding carboxylic acids is 1. The summed E-state index contributed by atoms with van der Waals surface area (Å²) in [7, 11) is -2.96. The molecule has 5 nitrogen and oxygen atoms in total. The molecule has 1 amide bonds. The lowest BCUT2D eigenvalue weighted by Gasteiger charge is -2.13. The molecule has 7 heteroatoms. The summed E-state index contributed by atoms with van der Waals surface area (Å²) in [6, 6.07) is 5.33. The van der Waals surface area contributed by atoms with Crippen molar-refractivity contribution in [2.24, 2.45) is 0 Å². The van der Waals surface area contributed by atoms with Crippen molar-refractivity contribution in [1.29, 1.82) is 0 Å². The maximum absolute atomic E-state index is 11.8. The number of nitrogens with one attached hydrogen (secondary N) is 2. The van der Waals surface area contributed by atoms with Gasteiger partial charge in [-0.05, 0) is 31.0 Å². The summed E-state index contributed by atoms with van der Waals surface area (Å²) in [4.78, 5) is 11.8. The van der Waals surface area contributed by atoms with E-state index in [4.69, 9.17) is 11.6 Å². The molecule has 0 aromatic heterocycles. The molecule has 0 saturated carbocycles. The summed E-state index contributed by atoms with van der Waals surface area (Å²) in [5.74, 6) is 0.0848. The number of anilines is 1. The molecule has 1 atom stereocenters. The minimum Gasteiger partial charge on any atom is -0.384 e. The number of carbonyl (C=O) groups is 1. The Kier molecular flexibility index (Phi) is 5.11. The van der Waals surface area contributed by atoms with Crippen molar-refractivity contribution < 1.29 is 13.2 Å². The summed E-state index contributed by atoms with van der Waals surface area (Å²) in [6.45, 7) is 2.39. The van der Waals surface area contributed by atoms with Crippen LogP contribution in [0.4, 0.5) is 5.69 Å². The van der Waals surface area contributed by atoms with E-state index < -0.39 is 9.84 Å². The quantitative estimate of drug-likeness (QED) is 0.862. The zero-order valence-corrected chi connectivity index (χ0v) is 13.4. The summed E-state index contributed by atoms with van der Waals surface area (Å²) < 4.78 is 22.6. The van der Waals surface area contributed by atoms with Crippen molar-refractivity contribution in [3.05, 3.63) is 28.8 Å². The number of rotatable bonds is 5. The Balaban J connectivity index is 1.76. The fourth-order valence-corrected chi connectivity index (χ4v) is 4.17. The van der Waals surface area contributed by atoms with Crippen LogP contribution >= 0.6 is 11.6 Å². The minimum absolute atomic E-state index is 0.0551. The van der Waals surface area contributed by atoms with E-state index in [9.17, 15) is 13.2 Å². The van der Waals surface area contributed by atoms with Gasteiger partial charge in [0.05, 0.1) is 11.5 Å². The predicted octanol–water partition coefficient (Wildman–Crippen LogP) is 1.75. The Morgan fingerprint density at radius 2 is 2.19 bits per heavy atom. The molecular formula is C14H19ClN2O3S. The number of hydrogen-bond donors (Lipinski definition) is 2. The zero-order chi connectivity index (χ0) is 15.5. The maximum atomic E-state index is 11.8. The molecule has 116 valence electrons. The number of amides is 1. The third kappa shape index (κ3) is 4.61. The van der Waals surface area contributed by atoms with Crippen LogP contribution in [0.15, 0.2) is 18.2 Å². The van der Waals surface area contributed by atoms with E-state index in [1.54, 1.807) is 0 Å². The molecule has 1 saturated heterocycles. The van der Waals surface area contributed by atoms with E-state index >= 15 is 0 Å². The van der Waals surface area contributed by atoms with Gasteiger partial charge in [-0.1, -0.05) is 17.7 Å². The average molecular weight is 331 g/mol. The van der Waals surface area contributed by atoms with Crippen LogP contribution in [0.25, 0.3) is 0 Å². The van der Waals surface area contributed by atoms with Gasteiger partial charge in [-0.15, -0.1) is 0 Å². The van der Waals surface area contributed by atoms with Crippen LogP contribution in [0.5, 0.6) is 0 Å². The van der Waals surface area contributed by atoms with Gasteiger partial charge < -0.3 is 10.6 Å². The molecule has 1 aromatic carbocycles. The van der Waals surface area contributed by atoms with Gasteiger partial charge in [-0.3, -0.25) is 4.79 Å². The van der Waals surface area contributed by atoms with Gasteiger partial charge in [0.25, 0.3) is 0 Å². The van der Waals surface area contributed by atoms with E-state index in [2.05, 4.69) is 10.6 Å². The molecule has 1 aromatic rings.